The molecule has 1 unspecified atom stereocenters. The molecule has 0 amide bonds. The van der Waals surface area contributed by atoms with Crippen LogP contribution in [0.25, 0.3) is 11.2 Å². The van der Waals surface area contributed by atoms with Crippen molar-refractivity contribution in [2.45, 2.75) is 171 Å². The molecule has 0 bridgehead atoms. The zero-order valence-electron chi connectivity index (χ0n) is 53.7. The Balaban J connectivity index is 1.35. The Labute approximate surface area is 521 Å². The molecule has 32 heteroatoms. The molecule has 492 valence electrons. The van der Waals surface area contributed by atoms with Gasteiger partial charge in [-0.3, -0.25) is 38.7 Å². The SMILES string of the molecule is CCN(CCn1cc(C(C)(C)O[Si](OC[C@H]2O[C@@H](n3cnc4c(=O)[nH]c(NCC(C)C)nc43)[C@H](OC(OCCOC(C)=O)OCCOC(C)=O)[C@@H]2OP(OC)N(C(C)C)C(C)C)(OC(C)C)OC(C)C)nn1)c1ccc(N=Nc2ccc([N+](=O)[O-])cc2)cc1. The fourth-order valence-corrected chi connectivity index (χ4v) is 13.4. The first kappa shape index (κ1) is 71.7. The van der Waals surface area contributed by atoms with Crippen LogP contribution >= 0.6 is 8.53 Å². The molecule has 1 saturated heterocycles. The number of hydrogen-bond acceptors (Lipinski definition) is 26. The molecule has 1 fully saturated rings. The number of fused-ring (bicyclic) bond motifs is 1. The van der Waals surface area contributed by atoms with E-state index in [9.17, 15) is 24.5 Å². The molecule has 0 radical (unpaired) electrons. The van der Waals surface area contributed by atoms with E-state index in [4.69, 9.17) is 60.2 Å². The van der Waals surface area contributed by atoms with Gasteiger partial charge in [0.05, 0.1) is 55.2 Å². The third-order valence-corrected chi connectivity index (χ3v) is 17.9. The third-order valence-electron chi connectivity index (χ3n) is 13.1. The molecule has 3 aromatic heterocycles. The summed E-state index contributed by atoms with van der Waals surface area (Å²) in [5.74, 6) is -0.673. The van der Waals surface area contributed by atoms with Gasteiger partial charge in [-0.25, -0.2) is 9.65 Å². The minimum atomic E-state index is -4.39. The van der Waals surface area contributed by atoms with Crippen molar-refractivity contribution in [2.75, 3.05) is 70.0 Å². The number of esters is 2. The van der Waals surface area contributed by atoms with E-state index in [1.54, 1.807) is 22.6 Å². The van der Waals surface area contributed by atoms with Crippen molar-refractivity contribution in [2.24, 2.45) is 16.1 Å². The van der Waals surface area contributed by atoms with Crippen LogP contribution in [0.1, 0.15) is 116 Å². The summed E-state index contributed by atoms with van der Waals surface area (Å²) >= 11 is 0. The number of imidazole rings is 1. The highest BCUT2D eigenvalue weighted by atomic mass is 31.2. The van der Waals surface area contributed by atoms with E-state index < -0.39 is 88.8 Å². The van der Waals surface area contributed by atoms with E-state index in [2.05, 4.69) is 45.4 Å². The highest BCUT2D eigenvalue weighted by Crippen LogP contribution is 2.50. The van der Waals surface area contributed by atoms with E-state index >= 15 is 0 Å². The standard InChI is InChI=1S/C57H88N13O17PSi/c1-17-66(45-22-18-43(19-23-45)62-63-44-20-24-46(25-21-44)70(74)75)26-27-67-33-48(64-65-67)57(14,15)87-89(85-39(8)9,86-40(10)11)81-34-47-50(84-88(76-16)69(37(4)5)38(6)7)51(83-56(79-30-28-77-41(12)71)80-31-29-78-42(13)72)54(82-47)68-35-59-49-52(68)60-55(61-53(49)73)58-32-36(2)3/h18-25,33,35-40,47,50-51,54,56H,17,26-32,34H2,1-16H3,(H2,58,60,61,73)/t47-,50-,51-,54-,88?/m1/s1. The number of nitro benzene ring substituents is 1. The number of H-pyrrole nitrogens is 1. The number of nitrogens with one attached hydrogen (secondary N) is 2. The Morgan fingerprint density at radius 3 is 2.01 bits per heavy atom. The van der Waals surface area contributed by atoms with Crippen molar-refractivity contribution in [1.29, 1.82) is 0 Å². The lowest BCUT2D eigenvalue weighted by molar-refractivity contribution is -0.384. The number of carbonyl (C=O) groups excluding carboxylic acids is 2. The smallest absolute Gasteiger partial charge is 0.463 e. The molecule has 0 aliphatic carbocycles. The Kier molecular flexibility index (Phi) is 27.1. The predicted octanol–water partition coefficient (Wildman–Crippen LogP) is 8.99. The van der Waals surface area contributed by atoms with Gasteiger partial charge in [-0.1, -0.05) is 19.1 Å². The number of ether oxygens (including phenoxy) is 6. The van der Waals surface area contributed by atoms with Crippen LogP contribution in [0.2, 0.25) is 0 Å². The molecular weight excluding hydrogens is 1200 g/mol. The zero-order valence-corrected chi connectivity index (χ0v) is 55.6. The molecule has 89 heavy (non-hydrogen) atoms. The number of rotatable bonds is 38. The number of aromatic nitrogens is 7. The lowest BCUT2D eigenvalue weighted by Crippen LogP contribution is -2.57. The third kappa shape index (κ3) is 21.1. The van der Waals surface area contributed by atoms with Gasteiger partial charge in [0.1, 0.15) is 42.8 Å². The summed E-state index contributed by atoms with van der Waals surface area (Å²) in [6.07, 6.45) is -2.54. The highest BCUT2D eigenvalue weighted by molar-refractivity contribution is 7.44. The van der Waals surface area contributed by atoms with Crippen molar-refractivity contribution in [3.8, 4) is 0 Å². The maximum Gasteiger partial charge on any atom is 0.681 e. The monoisotopic (exact) mass is 1290 g/mol. The Morgan fingerprint density at radius 1 is 0.888 bits per heavy atom. The number of nitro groups is 1. The topological polar surface area (TPSA) is 326 Å². The molecule has 5 aromatic rings. The first-order chi connectivity index (χ1) is 42.2. The van der Waals surface area contributed by atoms with Gasteiger partial charge in [-0.05, 0) is 118 Å². The van der Waals surface area contributed by atoms with E-state index in [1.807, 2.05) is 114 Å². The van der Waals surface area contributed by atoms with Gasteiger partial charge >= 0.3 is 21.0 Å². The van der Waals surface area contributed by atoms with Crippen LogP contribution in [-0.4, -0.2) is 174 Å². The summed E-state index contributed by atoms with van der Waals surface area (Å²) in [4.78, 5) is 62.2. The molecule has 0 spiro atoms. The van der Waals surface area contributed by atoms with Crippen LogP contribution in [-0.2, 0) is 76.9 Å². The Hall–Kier alpha value is -6.32. The van der Waals surface area contributed by atoms with Crippen molar-refractivity contribution >= 4 is 69.4 Å². The predicted molar refractivity (Wildman–Crippen MR) is 330 cm³/mol. The average molecular weight is 1290 g/mol. The van der Waals surface area contributed by atoms with E-state index in [1.165, 1.54) is 44.4 Å². The normalized spacial score (nSPS) is 17.0. The largest absolute Gasteiger partial charge is 0.681 e. The Bertz CT molecular complexity index is 3070. The van der Waals surface area contributed by atoms with E-state index in [0.29, 0.717) is 43.2 Å². The minimum Gasteiger partial charge on any atom is -0.463 e. The van der Waals surface area contributed by atoms with Gasteiger partial charge in [0.2, 0.25) is 5.95 Å². The second kappa shape index (κ2) is 33.7. The summed E-state index contributed by atoms with van der Waals surface area (Å²) in [6, 6.07) is 13.2. The summed E-state index contributed by atoms with van der Waals surface area (Å²) in [5.41, 5.74) is 0.827. The van der Waals surface area contributed by atoms with Gasteiger partial charge in [-0.2, -0.15) is 15.2 Å². The van der Waals surface area contributed by atoms with E-state index in [-0.39, 0.29) is 73.8 Å². The number of azo groups is 1. The fraction of sp³-hybridized carbons (Fsp3) is 0.632. The van der Waals surface area contributed by atoms with Crippen molar-refractivity contribution in [3.63, 3.8) is 0 Å². The van der Waals surface area contributed by atoms with Crippen molar-refractivity contribution < 1.29 is 69.7 Å². The molecule has 1 aliphatic heterocycles. The van der Waals surface area contributed by atoms with Gasteiger partial charge < -0.3 is 65.4 Å². The molecule has 30 nitrogen and oxygen atoms in total. The quantitative estimate of drug-likeness (QED) is 0.00544. The molecule has 2 aromatic carbocycles. The maximum absolute atomic E-state index is 13.7. The molecule has 2 N–H and O–H groups in total. The number of anilines is 2. The summed E-state index contributed by atoms with van der Waals surface area (Å²) in [7, 11) is -4.77. The van der Waals surface area contributed by atoms with Gasteiger partial charge in [0.15, 0.2) is 17.4 Å². The summed E-state index contributed by atoms with van der Waals surface area (Å²) in [6.45, 7) is 27.3. The number of benzene rings is 2. The molecule has 1 aliphatic rings. The molecule has 4 heterocycles. The molecule has 6 rings (SSSR count). The first-order valence-corrected chi connectivity index (χ1v) is 32.4. The van der Waals surface area contributed by atoms with Crippen LogP contribution in [0.3, 0.4) is 0 Å². The zero-order chi connectivity index (χ0) is 65.2. The molecule has 5 atom stereocenters. The number of carbonyl (C=O) groups is 2. The maximum atomic E-state index is 13.7. The lowest BCUT2D eigenvalue weighted by atomic mass is 10.1. The number of non-ortho nitro benzene ring substituents is 1. The first-order valence-electron chi connectivity index (χ1n) is 29.6. The van der Waals surface area contributed by atoms with E-state index in [0.717, 1.165) is 5.69 Å². The number of aromatic amines is 1. The molecule has 0 saturated carbocycles. The number of likely N-dealkylation sites (N-methyl/N-ethyl adjacent to an activating group) is 1. The fourth-order valence-electron chi connectivity index (χ4n) is 9.18. The van der Waals surface area contributed by atoms with Crippen molar-refractivity contribution in [3.05, 3.63) is 87.2 Å². The minimum absolute atomic E-state index is 0.00338. The van der Waals surface area contributed by atoms with Crippen molar-refractivity contribution in [1.82, 2.24) is 39.2 Å². The second-order valence-corrected chi connectivity index (χ2v) is 26.1. The number of nitrogens with zero attached hydrogens (tertiary/aromatic N) is 11. The lowest BCUT2D eigenvalue weighted by Gasteiger charge is -2.39. The van der Waals surface area contributed by atoms with Crippen LogP contribution < -0.4 is 15.8 Å². The average Bonchev–Trinajstić information content (AvgIpc) is 1.67. The summed E-state index contributed by atoms with van der Waals surface area (Å²) in [5, 5.41) is 31.9. The van der Waals surface area contributed by atoms with Gasteiger partial charge in [0.25, 0.3) is 26.2 Å². The van der Waals surface area contributed by atoms with Crippen LogP contribution in [0.5, 0.6) is 0 Å². The summed E-state index contributed by atoms with van der Waals surface area (Å²) < 4.78 is 82.7. The highest BCUT2D eigenvalue weighted by Gasteiger charge is 2.57. The second-order valence-electron chi connectivity index (χ2n) is 22.6. The van der Waals surface area contributed by atoms with Gasteiger partial charge in [0, 0.05) is 82.7 Å². The number of hydrogen-bond donors (Lipinski definition) is 2. The van der Waals surface area contributed by atoms with Crippen LogP contribution in [0.4, 0.5) is 28.7 Å². The van der Waals surface area contributed by atoms with Crippen LogP contribution in [0, 0.1) is 16.0 Å². The van der Waals surface area contributed by atoms with Crippen LogP contribution in [0.15, 0.2) is 76.1 Å². The van der Waals surface area contributed by atoms with Gasteiger partial charge in [-0.15, -0.1) is 5.10 Å². The Morgan fingerprint density at radius 2 is 1.48 bits per heavy atom. The molecular formula is C57H88N13O17PSi.